The molecule has 1 N–H and O–H groups in total. The van der Waals surface area contributed by atoms with Gasteiger partial charge in [-0.15, -0.1) is 0 Å². The van der Waals surface area contributed by atoms with E-state index < -0.39 is 20.8 Å². The van der Waals surface area contributed by atoms with Crippen molar-refractivity contribution in [3.05, 3.63) is 29.3 Å². The van der Waals surface area contributed by atoms with E-state index in [2.05, 4.69) is 0 Å². The number of aryl methyl sites for hydroxylation is 1. The van der Waals surface area contributed by atoms with Gasteiger partial charge in [0.05, 0.1) is 6.04 Å². The van der Waals surface area contributed by atoms with Gasteiger partial charge in [-0.1, -0.05) is 25.0 Å². The summed E-state index contributed by atoms with van der Waals surface area (Å²) in [6, 6.07) is 6.34. The molecule has 2 bridgehead atoms. The van der Waals surface area contributed by atoms with Crippen molar-refractivity contribution in [3.8, 4) is 5.75 Å². The first kappa shape index (κ1) is 17.5. The molecule has 1 aromatic rings. The van der Waals surface area contributed by atoms with E-state index in [9.17, 15) is 5.11 Å². The van der Waals surface area contributed by atoms with Crippen LogP contribution >= 0.6 is 17.0 Å². The van der Waals surface area contributed by atoms with Gasteiger partial charge in [-0.05, 0) is 49.7 Å². The van der Waals surface area contributed by atoms with Gasteiger partial charge in [0.25, 0.3) is 0 Å². The maximum atomic E-state index is 9.97. The summed E-state index contributed by atoms with van der Waals surface area (Å²) in [7, 11) is 9.87. The van der Waals surface area contributed by atoms with E-state index in [0.29, 0.717) is 11.8 Å². The van der Waals surface area contributed by atoms with E-state index in [1.165, 1.54) is 32.1 Å². The Balaban J connectivity index is 0.000000497. The summed E-state index contributed by atoms with van der Waals surface area (Å²) in [6.45, 7) is 1.93. The summed E-state index contributed by atoms with van der Waals surface area (Å²) in [6.07, 6.45) is 8.65. The molecule has 0 radical (unpaired) electrons. The molecule has 2 aliphatic carbocycles. The standard InChI is InChI=1S/C16H21NO.2ClH.Zr/c1-11-4-2-7-14(16(11)18)10-17-15-9-12-5-3-6-13(15)8-12;;;/h2,4,7,10,12-13,15,18H,3,5-6,8-9H2,1H3;2*1H;/q;;;+2/p-2. The van der Waals surface area contributed by atoms with Gasteiger partial charge in [-0.25, -0.2) is 0 Å². The molecule has 3 unspecified atom stereocenters. The average molecular weight is 405 g/mol. The molecule has 1 aromatic carbocycles. The molecule has 5 heteroatoms. The van der Waals surface area contributed by atoms with Gasteiger partial charge in [0.15, 0.2) is 0 Å². The van der Waals surface area contributed by atoms with Crippen molar-refractivity contribution in [2.24, 2.45) is 16.8 Å². The van der Waals surface area contributed by atoms with Gasteiger partial charge >= 0.3 is 37.9 Å². The summed E-state index contributed by atoms with van der Waals surface area (Å²) < 4.78 is 0. The fourth-order valence-corrected chi connectivity index (χ4v) is 3.57. The van der Waals surface area contributed by atoms with Crippen molar-refractivity contribution in [3.63, 3.8) is 0 Å². The summed E-state index contributed by atoms with van der Waals surface area (Å²) in [5.74, 6) is 2.09. The molecule has 0 amide bonds. The molecule has 0 aromatic heterocycles. The molecule has 2 fully saturated rings. The first-order chi connectivity index (χ1) is 10.2. The molecule has 114 valence electrons. The first-order valence-corrected chi connectivity index (χ1v) is 13.8. The summed E-state index contributed by atoms with van der Waals surface area (Å²) >= 11 is -0.826. The van der Waals surface area contributed by atoms with Gasteiger partial charge in [-0.3, -0.25) is 4.99 Å². The second-order valence-electron chi connectivity index (χ2n) is 5.96. The predicted molar refractivity (Wildman–Crippen MR) is 86.0 cm³/mol. The van der Waals surface area contributed by atoms with Crippen molar-refractivity contribution in [1.29, 1.82) is 0 Å². The molecule has 0 saturated heterocycles. The van der Waals surface area contributed by atoms with E-state index in [1.807, 2.05) is 31.3 Å². The number of aliphatic imine (C=N–C) groups is 1. The van der Waals surface area contributed by atoms with Crippen LogP contribution in [0, 0.1) is 18.8 Å². The van der Waals surface area contributed by atoms with Crippen LogP contribution in [0.3, 0.4) is 0 Å². The number of rotatable bonds is 2. The summed E-state index contributed by atoms with van der Waals surface area (Å²) in [4.78, 5) is 4.75. The Labute approximate surface area is 145 Å². The van der Waals surface area contributed by atoms with E-state index in [-0.39, 0.29) is 0 Å². The van der Waals surface area contributed by atoms with Crippen molar-refractivity contribution < 1.29 is 26.0 Å². The topological polar surface area (TPSA) is 32.6 Å². The fourth-order valence-electron chi connectivity index (χ4n) is 3.57. The molecule has 0 spiro atoms. The average Bonchev–Trinajstić information content (AvgIpc) is 2.75. The van der Waals surface area contributed by atoms with Gasteiger partial charge in [0.1, 0.15) is 5.75 Å². The Hall–Kier alpha value is 0.153. The third-order valence-corrected chi connectivity index (χ3v) is 4.62. The van der Waals surface area contributed by atoms with E-state index in [1.54, 1.807) is 0 Å². The van der Waals surface area contributed by atoms with Crippen LogP contribution in [-0.4, -0.2) is 17.4 Å². The van der Waals surface area contributed by atoms with Crippen molar-refractivity contribution in [1.82, 2.24) is 0 Å². The number of aromatic hydroxyl groups is 1. The Morgan fingerprint density at radius 2 is 2.05 bits per heavy atom. The third-order valence-electron chi connectivity index (χ3n) is 4.62. The number of nitrogens with zero attached hydrogens (tertiary/aromatic N) is 1. The molecule has 2 saturated carbocycles. The fraction of sp³-hybridized carbons (Fsp3) is 0.562. The van der Waals surface area contributed by atoms with Gasteiger partial charge in [-0.2, -0.15) is 0 Å². The molecule has 3 atom stereocenters. The molecule has 3 rings (SSSR count). The van der Waals surface area contributed by atoms with Crippen LogP contribution in [0.2, 0.25) is 0 Å². The van der Waals surface area contributed by atoms with Crippen molar-refractivity contribution in [2.45, 2.75) is 45.1 Å². The van der Waals surface area contributed by atoms with E-state index in [4.69, 9.17) is 22.0 Å². The first-order valence-electron chi connectivity index (χ1n) is 7.43. The number of para-hydroxylation sites is 1. The van der Waals surface area contributed by atoms with Gasteiger partial charge in [0.2, 0.25) is 0 Å². The summed E-state index contributed by atoms with van der Waals surface area (Å²) in [5, 5.41) is 9.97. The molecular weight excluding hydrogens is 384 g/mol. The zero-order chi connectivity index (χ0) is 15.2. The number of hydrogen-bond donors (Lipinski definition) is 1. The van der Waals surface area contributed by atoms with Gasteiger partial charge < -0.3 is 5.11 Å². The predicted octanol–water partition coefficient (Wildman–Crippen LogP) is 5.07. The quantitative estimate of drug-likeness (QED) is 0.684. The van der Waals surface area contributed by atoms with Gasteiger partial charge in [0, 0.05) is 11.8 Å². The number of hydrogen-bond acceptors (Lipinski definition) is 2. The van der Waals surface area contributed by atoms with Crippen LogP contribution in [0.4, 0.5) is 0 Å². The zero-order valence-electron chi connectivity index (χ0n) is 12.2. The second-order valence-corrected chi connectivity index (χ2v) is 9.69. The molecule has 0 aliphatic heterocycles. The molecule has 2 nitrogen and oxygen atoms in total. The van der Waals surface area contributed by atoms with Crippen molar-refractivity contribution in [2.75, 3.05) is 0 Å². The molecule has 2 aliphatic rings. The zero-order valence-corrected chi connectivity index (χ0v) is 16.2. The Morgan fingerprint density at radius 3 is 2.76 bits per heavy atom. The summed E-state index contributed by atoms with van der Waals surface area (Å²) in [5.41, 5.74) is 1.78. The normalized spacial score (nSPS) is 27.3. The van der Waals surface area contributed by atoms with Crippen LogP contribution in [0.15, 0.2) is 23.2 Å². The molecular formula is C16H21Cl2NOZr. The third kappa shape index (κ3) is 4.81. The van der Waals surface area contributed by atoms with E-state index in [0.717, 1.165) is 23.0 Å². The van der Waals surface area contributed by atoms with E-state index >= 15 is 0 Å². The van der Waals surface area contributed by atoms with Crippen LogP contribution in [0.25, 0.3) is 0 Å². The number of fused-ring (bicyclic) bond motifs is 2. The number of phenols is 1. The Bertz CT molecular complexity index is 495. The number of benzene rings is 1. The number of halogens is 2. The minimum atomic E-state index is -0.826. The van der Waals surface area contributed by atoms with Crippen LogP contribution < -0.4 is 0 Å². The Kier molecular flexibility index (Phi) is 7.25. The van der Waals surface area contributed by atoms with Crippen molar-refractivity contribution >= 4 is 23.2 Å². The molecule has 0 heterocycles. The van der Waals surface area contributed by atoms with Crippen LogP contribution in [-0.2, 0) is 20.8 Å². The monoisotopic (exact) mass is 403 g/mol. The minimum absolute atomic E-state index is 0.377. The second kappa shape index (κ2) is 8.70. The SMILES string of the molecule is Cc1cccc(C=NC2CC3CCCC2C3)c1O.[Cl][Zr][Cl]. The Morgan fingerprint density at radius 1 is 1.29 bits per heavy atom. The van der Waals surface area contributed by atoms with Crippen LogP contribution in [0.5, 0.6) is 5.75 Å². The maximum absolute atomic E-state index is 9.97. The van der Waals surface area contributed by atoms with Crippen LogP contribution in [0.1, 0.15) is 43.2 Å². The number of phenolic OH excluding ortho intramolecular Hbond substituents is 1. The molecule has 21 heavy (non-hydrogen) atoms.